The molecule has 0 unspecified atom stereocenters. The molecule has 1 aromatic carbocycles. The van der Waals surface area contributed by atoms with Gasteiger partial charge in [-0.2, -0.15) is 12.6 Å². The van der Waals surface area contributed by atoms with E-state index in [0.29, 0.717) is 17.9 Å². The Balaban J connectivity index is 2.60. The van der Waals surface area contributed by atoms with Gasteiger partial charge in [-0.05, 0) is 24.3 Å². The topological polar surface area (TPSA) is 46.2 Å². The molecule has 0 atom stereocenters. The fourth-order valence-corrected chi connectivity index (χ4v) is 2.49. The number of sulfonamides is 1. The highest BCUT2D eigenvalue weighted by atomic mass is 32.2. The minimum Gasteiger partial charge on any atom is -0.284 e. The van der Waals surface area contributed by atoms with Crippen molar-refractivity contribution in [2.75, 3.05) is 16.2 Å². The summed E-state index contributed by atoms with van der Waals surface area (Å²) in [5.74, 6) is 0.696. The van der Waals surface area contributed by atoms with E-state index in [1.165, 1.54) is 0 Å². The molecule has 1 N–H and O–H groups in total. The lowest BCUT2D eigenvalue weighted by Gasteiger charge is -2.06. The molecule has 0 saturated carbocycles. The number of rotatable bonds is 5. The van der Waals surface area contributed by atoms with E-state index in [2.05, 4.69) is 17.4 Å². The summed E-state index contributed by atoms with van der Waals surface area (Å²) in [6.45, 7) is 0. The molecular formula is C9H13NO2S2. The zero-order valence-corrected chi connectivity index (χ0v) is 9.39. The molecule has 0 aliphatic carbocycles. The first-order valence-corrected chi connectivity index (χ1v) is 6.59. The van der Waals surface area contributed by atoms with Crippen LogP contribution < -0.4 is 4.72 Å². The van der Waals surface area contributed by atoms with Gasteiger partial charge in [0.25, 0.3) is 0 Å². The van der Waals surface area contributed by atoms with Crippen LogP contribution in [0.15, 0.2) is 30.3 Å². The van der Waals surface area contributed by atoms with Gasteiger partial charge in [-0.25, -0.2) is 8.42 Å². The summed E-state index contributed by atoms with van der Waals surface area (Å²) in [5.41, 5.74) is 0.603. The molecule has 5 heteroatoms. The summed E-state index contributed by atoms with van der Waals surface area (Å²) >= 11 is 3.97. The molecule has 14 heavy (non-hydrogen) atoms. The number of hydrogen-bond donors (Lipinski definition) is 2. The molecule has 0 aliphatic heterocycles. The summed E-state index contributed by atoms with van der Waals surface area (Å²) in [5, 5.41) is 0. The summed E-state index contributed by atoms with van der Waals surface area (Å²) in [6, 6.07) is 8.86. The lowest BCUT2D eigenvalue weighted by atomic mass is 10.3. The smallest absolute Gasteiger partial charge is 0.232 e. The second-order valence-electron chi connectivity index (χ2n) is 2.86. The van der Waals surface area contributed by atoms with Crippen molar-refractivity contribution in [3.05, 3.63) is 30.3 Å². The predicted molar refractivity (Wildman–Crippen MR) is 62.3 cm³/mol. The van der Waals surface area contributed by atoms with Crippen LogP contribution >= 0.6 is 12.6 Å². The molecule has 78 valence electrons. The van der Waals surface area contributed by atoms with Crippen molar-refractivity contribution in [2.24, 2.45) is 0 Å². The molecule has 0 aromatic heterocycles. The Labute approximate surface area is 90.0 Å². The normalized spacial score (nSPS) is 11.2. The Morgan fingerprint density at radius 2 is 1.86 bits per heavy atom. The van der Waals surface area contributed by atoms with E-state index >= 15 is 0 Å². The Morgan fingerprint density at radius 3 is 2.43 bits per heavy atom. The third kappa shape index (κ3) is 4.02. The summed E-state index contributed by atoms with van der Waals surface area (Å²) < 4.78 is 25.3. The van der Waals surface area contributed by atoms with Crippen LogP contribution in [-0.2, 0) is 10.0 Å². The fourth-order valence-electron chi connectivity index (χ4n) is 0.991. The van der Waals surface area contributed by atoms with Gasteiger partial charge in [-0.1, -0.05) is 18.2 Å². The Bertz CT molecular complexity index is 362. The average molecular weight is 231 g/mol. The highest BCUT2D eigenvalue weighted by Gasteiger charge is 2.08. The SMILES string of the molecule is O=S(=O)(CCCS)Nc1ccccc1. The van der Waals surface area contributed by atoms with Gasteiger partial charge >= 0.3 is 0 Å². The van der Waals surface area contributed by atoms with Crippen LogP contribution in [0.3, 0.4) is 0 Å². The number of nitrogens with one attached hydrogen (secondary N) is 1. The van der Waals surface area contributed by atoms with Crippen molar-refractivity contribution in [3.63, 3.8) is 0 Å². The van der Waals surface area contributed by atoms with Crippen LogP contribution in [-0.4, -0.2) is 19.9 Å². The van der Waals surface area contributed by atoms with Gasteiger partial charge in [0.1, 0.15) is 0 Å². The van der Waals surface area contributed by atoms with E-state index < -0.39 is 10.0 Å². The lowest BCUT2D eigenvalue weighted by molar-refractivity contribution is 0.600. The maximum atomic E-state index is 11.4. The van der Waals surface area contributed by atoms with Crippen LogP contribution in [0.4, 0.5) is 5.69 Å². The van der Waals surface area contributed by atoms with E-state index in [1.807, 2.05) is 6.07 Å². The number of benzene rings is 1. The molecule has 0 radical (unpaired) electrons. The minimum atomic E-state index is -3.20. The van der Waals surface area contributed by atoms with Gasteiger partial charge < -0.3 is 0 Å². The van der Waals surface area contributed by atoms with Crippen LogP contribution in [0.25, 0.3) is 0 Å². The number of thiol groups is 1. The van der Waals surface area contributed by atoms with E-state index in [1.54, 1.807) is 24.3 Å². The molecule has 0 spiro atoms. The van der Waals surface area contributed by atoms with Crippen molar-refractivity contribution >= 4 is 28.3 Å². The average Bonchev–Trinajstić information content (AvgIpc) is 2.16. The first-order valence-electron chi connectivity index (χ1n) is 4.30. The quantitative estimate of drug-likeness (QED) is 0.758. The predicted octanol–water partition coefficient (Wildman–Crippen LogP) is 1.75. The van der Waals surface area contributed by atoms with Gasteiger partial charge in [0.05, 0.1) is 5.75 Å². The standard InChI is InChI=1S/C9H13NO2S2/c11-14(12,8-4-7-13)10-9-5-2-1-3-6-9/h1-3,5-6,10,13H,4,7-8H2. The monoisotopic (exact) mass is 231 g/mol. The molecular weight excluding hydrogens is 218 g/mol. The molecule has 0 amide bonds. The Morgan fingerprint density at radius 1 is 1.21 bits per heavy atom. The Kier molecular flexibility index (Phi) is 4.28. The molecule has 0 aliphatic rings. The van der Waals surface area contributed by atoms with Gasteiger partial charge in [-0.15, -0.1) is 0 Å². The fraction of sp³-hybridized carbons (Fsp3) is 0.333. The number of hydrogen-bond acceptors (Lipinski definition) is 3. The van der Waals surface area contributed by atoms with Gasteiger partial charge in [0, 0.05) is 5.69 Å². The zero-order chi connectivity index (χ0) is 10.4. The van der Waals surface area contributed by atoms with Crippen molar-refractivity contribution < 1.29 is 8.42 Å². The highest BCUT2D eigenvalue weighted by molar-refractivity contribution is 7.92. The lowest BCUT2D eigenvalue weighted by Crippen LogP contribution is -2.16. The van der Waals surface area contributed by atoms with Crippen LogP contribution in [0.5, 0.6) is 0 Å². The third-order valence-electron chi connectivity index (χ3n) is 1.62. The van der Waals surface area contributed by atoms with Gasteiger partial charge in [-0.3, -0.25) is 4.72 Å². The van der Waals surface area contributed by atoms with Gasteiger partial charge in [0.2, 0.25) is 10.0 Å². The molecule has 0 fully saturated rings. The third-order valence-corrected chi connectivity index (χ3v) is 3.31. The van der Waals surface area contributed by atoms with Crippen molar-refractivity contribution in [1.29, 1.82) is 0 Å². The number of para-hydroxylation sites is 1. The second kappa shape index (κ2) is 5.26. The van der Waals surface area contributed by atoms with Crippen molar-refractivity contribution in [1.82, 2.24) is 0 Å². The molecule has 0 heterocycles. The van der Waals surface area contributed by atoms with E-state index in [0.717, 1.165) is 0 Å². The maximum Gasteiger partial charge on any atom is 0.232 e. The van der Waals surface area contributed by atoms with Crippen LogP contribution in [0.1, 0.15) is 6.42 Å². The van der Waals surface area contributed by atoms with E-state index in [-0.39, 0.29) is 5.75 Å². The van der Waals surface area contributed by atoms with Crippen LogP contribution in [0, 0.1) is 0 Å². The Hall–Kier alpha value is -0.680. The minimum absolute atomic E-state index is 0.116. The highest BCUT2D eigenvalue weighted by Crippen LogP contribution is 2.08. The summed E-state index contributed by atoms with van der Waals surface area (Å²) in [4.78, 5) is 0. The van der Waals surface area contributed by atoms with E-state index in [4.69, 9.17) is 0 Å². The molecule has 0 saturated heterocycles. The van der Waals surface area contributed by atoms with Crippen molar-refractivity contribution in [3.8, 4) is 0 Å². The molecule has 3 nitrogen and oxygen atoms in total. The van der Waals surface area contributed by atoms with Crippen molar-refractivity contribution in [2.45, 2.75) is 6.42 Å². The largest absolute Gasteiger partial charge is 0.284 e. The summed E-state index contributed by atoms with van der Waals surface area (Å²) in [6.07, 6.45) is 0.561. The summed E-state index contributed by atoms with van der Waals surface area (Å²) in [7, 11) is -3.20. The molecule has 1 rings (SSSR count). The van der Waals surface area contributed by atoms with Crippen LogP contribution in [0.2, 0.25) is 0 Å². The molecule has 1 aromatic rings. The zero-order valence-electron chi connectivity index (χ0n) is 7.68. The maximum absolute atomic E-state index is 11.4. The first kappa shape index (κ1) is 11.4. The first-order chi connectivity index (χ1) is 6.64. The van der Waals surface area contributed by atoms with Gasteiger partial charge in [0.15, 0.2) is 0 Å². The van der Waals surface area contributed by atoms with E-state index in [9.17, 15) is 8.42 Å². The number of anilines is 1. The second-order valence-corrected chi connectivity index (χ2v) is 5.15. The molecule has 0 bridgehead atoms.